The van der Waals surface area contributed by atoms with Gasteiger partial charge in [0.1, 0.15) is 22.8 Å². The number of hydrogen-bond acceptors (Lipinski definition) is 6. The van der Waals surface area contributed by atoms with Gasteiger partial charge >= 0.3 is 6.03 Å². The predicted octanol–water partition coefficient (Wildman–Crippen LogP) is 2.23. The third kappa shape index (κ3) is 3.64. The van der Waals surface area contributed by atoms with Crippen LogP contribution in [0.4, 0.5) is 4.79 Å². The molecule has 0 radical (unpaired) electrons. The molecule has 172 valence electrons. The molecule has 2 aliphatic rings. The highest BCUT2D eigenvalue weighted by Gasteiger charge is 2.53. The van der Waals surface area contributed by atoms with Gasteiger partial charge in [0, 0.05) is 45.5 Å². The lowest BCUT2D eigenvalue weighted by atomic mass is 9.86. The molecule has 1 N–H and O–H groups in total. The fourth-order valence-corrected chi connectivity index (χ4v) is 4.99. The molecule has 5 rings (SSSR count). The largest absolute Gasteiger partial charge is 0.481 e. The highest BCUT2D eigenvalue weighted by molar-refractivity contribution is 6.34. The number of methoxy groups -OCH3 is 1. The maximum atomic E-state index is 13.2. The van der Waals surface area contributed by atoms with Crippen LogP contribution in [0.3, 0.4) is 0 Å². The van der Waals surface area contributed by atoms with E-state index in [2.05, 4.69) is 20.3 Å². The molecule has 3 aromatic rings. The van der Waals surface area contributed by atoms with Crippen LogP contribution in [0, 0.1) is 0 Å². The number of aryl methyl sites for hydroxylation is 1. The monoisotopic (exact) mass is 469 g/mol. The minimum Gasteiger partial charge on any atom is -0.481 e. The lowest BCUT2D eigenvalue weighted by Crippen LogP contribution is -2.70. The Hall–Kier alpha value is -3.40. The molecule has 3 amide bonds. The van der Waals surface area contributed by atoms with Crippen LogP contribution >= 0.6 is 11.6 Å². The van der Waals surface area contributed by atoms with Gasteiger partial charge in [0.2, 0.25) is 5.88 Å². The minimum atomic E-state index is -0.322. The Morgan fingerprint density at radius 3 is 2.82 bits per heavy atom. The van der Waals surface area contributed by atoms with Crippen molar-refractivity contribution in [1.29, 1.82) is 0 Å². The van der Waals surface area contributed by atoms with Gasteiger partial charge < -0.3 is 24.4 Å². The first-order valence-electron chi connectivity index (χ1n) is 10.7. The zero-order chi connectivity index (χ0) is 23.2. The van der Waals surface area contributed by atoms with Crippen molar-refractivity contribution >= 4 is 34.6 Å². The first-order chi connectivity index (χ1) is 15.9. The molecule has 33 heavy (non-hydrogen) atoms. The number of ether oxygens (including phenoxy) is 1. The van der Waals surface area contributed by atoms with Crippen molar-refractivity contribution in [3.05, 3.63) is 47.1 Å². The molecule has 11 heteroatoms. The number of pyridine rings is 1. The van der Waals surface area contributed by atoms with E-state index in [0.717, 1.165) is 18.4 Å². The molecule has 0 saturated carbocycles. The van der Waals surface area contributed by atoms with E-state index >= 15 is 0 Å². The molecule has 0 unspecified atom stereocenters. The van der Waals surface area contributed by atoms with E-state index in [-0.39, 0.29) is 17.5 Å². The molecule has 2 saturated heterocycles. The molecule has 3 aromatic heterocycles. The summed E-state index contributed by atoms with van der Waals surface area (Å²) in [5.41, 5.74) is 1.70. The van der Waals surface area contributed by atoms with Gasteiger partial charge in [-0.2, -0.15) is 0 Å². The molecule has 2 aliphatic heterocycles. The fraction of sp³-hybridized carbons (Fsp3) is 0.409. The quantitative estimate of drug-likeness (QED) is 0.587. The summed E-state index contributed by atoms with van der Waals surface area (Å²) in [6, 6.07) is 5.24. The summed E-state index contributed by atoms with van der Waals surface area (Å²) in [6.45, 7) is 2.06. The maximum Gasteiger partial charge on any atom is 0.318 e. The summed E-state index contributed by atoms with van der Waals surface area (Å²) in [5.74, 6) is 0.404. The lowest BCUT2D eigenvalue weighted by Gasteiger charge is -2.52. The van der Waals surface area contributed by atoms with Gasteiger partial charge in [-0.15, -0.1) is 0 Å². The van der Waals surface area contributed by atoms with Crippen molar-refractivity contribution in [3.8, 4) is 5.88 Å². The Labute approximate surface area is 195 Å². The summed E-state index contributed by atoms with van der Waals surface area (Å²) >= 11 is 6.17. The normalized spacial score (nSPS) is 16.8. The summed E-state index contributed by atoms with van der Waals surface area (Å²) < 4.78 is 6.87. The van der Waals surface area contributed by atoms with Crippen molar-refractivity contribution in [3.63, 3.8) is 0 Å². The number of hydrogen-bond donors (Lipinski definition) is 1. The van der Waals surface area contributed by atoms with E-state index in [9.17, 15) is 9.59 Å². The van der Waals surface area contributed by atoms with Crippen LogP contribution in [-0.4, -0.2) is 73.5 Å². The maximum absolute atomic E-state index is 13.2. The SMILES string of the molecule is COc1cc(CNC(=O)N2CCCC23CN(C(=O)c2cc4c(Cl)ncnc4n2C)C3)ccn1. The number of fused-ring (bicyclic) bond motifs is 1. The Balaban J connectivity index is 1.25. The average molecular weight is 470 g/mol. The first kappa shape index (κ1) is 21.4. The Bertz CT molecular complexity index is 1240. The van der Waals surface area contributed by atoms with Crippen LogP contribution in [0.15, 0.2) is 30.7 Å². The smallest absolute Gasteiger partial charge is 0.318 e. The van der Waals surface area contributed by atoms with E-state index in [4.69, 9.17) is 16.3 Å². The molecule has 10 nitrogen and oxygen atoms in total. The highest BCUT2D eigenvalue weighted by atomic mass is 35.5. The molecule has 0 aromatic carbocycles. The number of carbonyl (C=O) groups excluding carboxylic acids is 2. The van der Waals surface area contributed by atoms with Crippen LogP contribution in [0.1, 0.15) is 28.9 Å². The van der Waals surface area contributed by atoms with Crippen molar-refractivity contribution in [2.45, 2.75) is 24.9 Å². The van der Waals surface area contributed by atoms with Crippen LogP contribution in [-0.2, 0) is 13.6 Å². The fourth-order valence-electron chi connectivity index (χ4n) is 4.81. The van der Waals surface area contributed by atoms with Crippen LogP contribution in [0.5, 0.6) is 5.88 Å². The number of likely N-dealkylation sites (tertiary alicyclic amines) is 2. The van der Waals surface area contributed by atoms with Crippen molar-refractivity contribution in [2.75, 3.05) is 26.7 Å². The van der Waals surface area contributed by atoms with Gasteiger partial charge in [0.05, 0.1) is 18.0 Å². The highest BCUT2D eigenvalue weighted by Crippen LogP contribution is 2.38. The van der Waals surface area contributed by atoms with Gasteiger partial charge in [-0.1, -0.05) is 11.6 Å². The molecular formula is C22H24ClN7O3. The van der Waals surface area contributed by atoms with Crippen LogP contribution < -0.4 is 10.1 Å². The van der Waals surface area contributed by atoms with Gasteiger partial charge in [-0.25, -0.2) is 19.7 Å². The zero-order valence-electron chi connectivity index (χ0n) is 18.4. The van der Waals surface area contributed by atoms with Crippen LogP contribution in [0.2, 0.25) is 5.15 Å². The summed E-state index contributed by atoms with van der Waals surface area (Å²) in [6.07, 6.45) is 4.82. The van der Waals surface area contributed by atoms with Crippen molar-refractivity contribution in [1.82, 2.24) is 34.6 Å². The second-order valence-electron chi connectivity index (χ2n) is 8.50. The number of amides is 3. The Kier molecular flexibility index (Phi) is 5.32. The number of aromatic nitrogens is 4. The van der Waals surface area contributed by atoms with Gasteiger partial charge in [-0.05, 0) is 30.5 Å². The van der Waals surface area contributed by atoms with Crippen molar-refractivity contribution in [2.24, 2.45) is 7.05 Å². The number of urea groups is 1. The Morgan fingerprint density at radius 1 is 1.24 bits per heavy atom. The van der Waals surface area contributed by atoms with Gasteiger partial charge in [0.15, 0.2) is 0 Å². The number of nitrogens with zero attached hydrogens (tertiary/aromatic N) is 6. The molecule has 2 fully saturated rings. The summed E-state index contributed by atoms with van der Waals surface area (Å²) in [5, 5.41) is 3.96. The van der Waals surface area contributed by atoms with E-state index in [1.165, 1.54) is 6.33 Å². The van der Waals surface area contributed by atoms with E-state index in [1.807, 2.05) is 11.0 Å². The number of nitrogens with one attached hydrogen (secondary N) is 1. The molecular weight excluding hydrogens is 446 g/mol. The van der Waals surface area contributed by atoms with E-state index in [0.29, 0.717) is 53.9 Å². The van der Waals surface area contributed by atoms with Gasteiger partial charge in [-0.3, -0.25) is 4.79 Å². The lowest BCUT2D eigenvalue weighted by molar-refractivity contribution is -0.00241. The summed E-state index contributed by atoms with van der Waals surface area (Å²) in [4.78, 5) is 42.1. The van der Waals surface area contributed by atoms with Gasteiger partial charge in [0.25, 0.3) is 5.91 Å². The minimum absolute atomic E-state index is 0.103. The van der Waals surface area contributed by atoms with E-state index < -0.39 is 0 Å². The molecule has 0 atom stereocenters. The third-order valence-corrected chi connectivity index (χ3v) is 6.85. The number of rotatable bonds is 4. The van der Waals surface area contributed by atoms with Crippen LogP contribution in [0.25, 0.3) is 11.0 Å². The first-order valence-corrected chi connectivity index (χ1v) is 11.1. The molecule has 0 bridgehead atoms. The summed E-state index contributed by atoms with van der Waals surface area (Å²) in [7, 11) is 3.35. The third-order valence-electron chi connectivity index (χ3n) is 6.54. The standard InChI is InChI=1S/C22H24ClN7O3/c1-28-16(9-15-18(23)26-13-27-19(15)28)20(31)29-11-22(12-29)5-3-7-30(22)21(32)25-10-14-4-6-24-17(8-14)33-2/h4,6,8-9,13H,3,5,7,10-12H2,1-2H3,(H,25,32). The second-order valence-corrected chi connectivity index (χ2v) is 8.85. The van der Waals surface area contributed by atoms with E-state index in [1.54, 1.807) is 42.0 Å². The number of halogens is 1. The Morgan fingerprint density at radius 2 is 2.06 bits per heavy atom. The predicted molar refractivity (Wildman–Crippen MR) is 121 cm³/mol. The average Bonchev–Trinajstić information content (AvgIpc) is 3.39. The second kappa shape index (κ2) is 8.18. The van der Waals surface area contributed by atoms with Crippen molar-refractivity contribution < 1.29 is 14.3 Å². The topological polar surface area (TPSA) is 105 Å². The zero-order valence-corrected chi connectivity index (χ0v) is 19.2. The molecule has 1 spiro atoms. The molecule has 5 heterocycles. The number of carbonyl (C=O) groups is 2. The molecule has 0 aliphatic carbocycles.